The predicted octanol–water partition coefficient (Wildman–Crippen LogP) is 4.30. The van der Waals surface area contributed by atoms with E-state index in [1.54, 1.807) is 37.3 Å². The Morgan fingerprint density at radius 3 is 2.54 bits per heavy atom. The van der Waals surface area contributed by atoms with E-state index in [0.29, 0.717) is 15.6 Å². The van der Waals surface area contributed by atoms with Gasteiger partial charge in [0.15, 0.2) is 5.79 Å². The summed E-state index contributed by atoms with van der Waals surface area (Å²) < 4.78 is 41.3. The van der Waals surface area contributed by atoms with E-state index in [9.17, 15) is 8.42 Å². The maximum absolute atomic E-state index is 12.3. The molecule has 0 N–H and O–H groups in total. The monoisotopic (exact) mass is 416 g/mol. The maximum Gasteiger partial charge on any atom is 0.297 e. The van der Waals surface area contributed by atoms with Crippen LogP contribution in [-0.4, -0.2) is 27.7 Å². The summed E-state index contributed by atoms with van der Waals surface area (Å²) in [6.07, 6.45) is -0.549. The topological polar surface area (TPSA) is 61.8 Å². The van der Waals surface area contributed by atoms with E-state index < -0.39 is 22.0 Å². The van der Waals surface area contributed by atoms with Crippen molar-refractivity contribution in [1.29, 1.82) is 0 Å². The minimum Gasteiger partial charge on any atom is -0.343 e. The van der Waals surface area contributed by atoms with Gasteiger partial charge in [-0.05, 0) is 38.1 Å². The van der Waals surface area contributed by atoms with E-state index in [4.69, 9.17) is 36.9 Å². The van der Waals surface area contributed by atoms with Gasteiger partial charge in [0, 0.05) is 10.6 Å². The Labute approximate surface area is 162 Å². The second-order valence-electron chi connectivity index (χ2n) is 6.17. The quantitative estimate of drug-likeness (QED) is 0.679. The molecule has 1 saturated heterocycles. The first-order valence-corrected chi connectivity index (χ1v) is 10.1. The maximum atomic E-state index is 12.3. The predicted molar refractivity (Wildman–Crippen MR) is 99.0 cm³/mol. The first kappa shape index (κ1) is 19.6. The van der Waals surface area contributed by atoms with Crippen LogP contribution in [0, 0.1) is 6.92 Å². The number of halogens is 2. The largest absolute Gasteiger partial charge is 0.343 e. The molecule has 3 rings (SSSR count). The van der Waals surface area contributed by atoms with Crippen molar-refractivity contribution in [2.24, 2.45) is 0 Å². The van der Waals surface area contributed by atoms with Gasteiger partial charge in [-0.15, -0.1) is 0 Å². The minimum atomic E-state index is -3.86. The Hall–Kier alpha value is -1.15. The second kappa shape index (κ2) is 7.46. The molecule has 0 aromatic heterocycles. The lowest BCUT2D eigenvalue weighted by Gasteiger charge is -2.25. The van der Waals surface area contributed by atoms with Crippen LogP contribution < -0.4 is 0 Å². The normalized spacial score (nSPS) is 23.3. The third kappa shape index (κ3) is 4.22. The zero-order valence-corrected chi connectivity index (χ0v) is 16.6. The molecule has 1 fully saturated rings. The lowest BCUT2D eigenvalue weighted by molar-refractivity contribution is -0.164. The molecule has 8 heteroatoms. The van der Waals surface area contributed by atoms with Crippen LogP contribution in [0.3, 0.4) is 0 Å². The van der Waals surface area contributed by atoms with Gasteiger partial charge in [0.25, 0.3) is 10.1 Å². The number of rotatable bonds is 5. The summed E-state index contributed by atoms with van der Waals surface area (Å²) in [6.45, 7) is 3.62. The average Bonchev–Trinajstić information content (AvgIpc) is 2.96. The number of aryl methyl sites for hydroxylation is 1. The van der Waals surface area contributed by atoms with Gasteiger partial charge < -0.3 is 9.47 Å². The molecule has 2 aromatic carbocycles. The van der Waals surface area contributed by atoms with Crippen LogP contribution in [-0.2, 0) is 29.6 Å². The smallest absolute Gasteiger partial charge is 0.297 e. The first-order chi connectivity index (χ1) is 12.2. The van der Waals surface area contributed by atoms with Crippen LogP contribution in [0.25, 0.3) is 0 Å². The van der Waals surface area contributed by atoms with Crippen molar-refractivity contribution in [3.05, 3.63) is 63.6 Å². The highest BCUT2D eigenvalue weighted by molar-refractivity contribution is 7.86. The Bertz CT molecular complexity index is 898. The van der Waals surface area contributed by atoms with Gasteiger partial charge in [-0.2, -0.15) is 8.42 Å². The molecule has 140 valence electrons. The molecule has 0 spiro atoms. The molecule has 0 bridgehead atoms. The first-order valence-electron chi connectivity index (χ1n) is 7.93. The molecule has 1 heterocycles. The molecule has 0 aliphatic carbocycles. The van der Waals surface area contributed by atoms with Crippen LogP contribution in [0.1, 0.15) is 18.1 Å². The molecule has 0 amide bonds. The van der Waals surface area contributed by atoms with Crippen molar-refractivity contribution in [2.75, 3.05) is 13.2 Å². The third-order valence-corrected chi connectivity index (χ3v) is 5.92. The van der Waals surface area contributed by atoms with E-state index in [1.807, 2.05) is 6.92 Å². The number of ether oxygens (including phenoxy) is 2. The zero-order chi connectivity index (χ0) is 18.9. The summed E-state index contributed by atoms with van der Waals surface area (Å²) >= 11 is 12.1. The Balaban J connectivity index is 1.66. The van der Waals surface area contributed by atoms with Crippen molar-refractivity contribution in [1.82, 2.24) is 0 Å². The van der Waals surface area contributed by atoms with Crippen molar-refractivity contribution in [3.8, 4) is 0 Å². The summed E-state index contributed by atoms with van der Waals surface area (Å²) in [4.78, 5) is 0.102. The third-order valence-electron chi connectivity index (χ3n) is 4.08. The lowest BCUT2D eigenvalue weighted by atomic mass is 10.1. The Morgan fingerprint density at radius 2 is 1.88 bits per heavy atom. The molecular weight excluding hydrogens is 399 g/mol. The number of hydrogen-bond donors (Lipinski definition) is 0. The summed E-state index contributed by atoms with van der Waals surface area (Å²) in [5.74, 6) is -1.09. The molecular formula is C18H18Cl2O5S. The van der Waals surface area contributed by atoms with E-state index in [0.717, 1.165) is 5.56 Å². The van der Waals surface area contributed by atoms with Gasteiger partial charge in [0.1, 0.15) is 6.10 Å². The standard InChI is InChI=1S/C18H18Cl2O5S/c1-12-3-6-15(7-4-12)26(21,22)24-11-14-10-23-18(2,25-14)16-8-5-13(19)9-17(16)20/h3-9,14H,10-11H2,1-2H3/t14-,18-/m0/s1. The highest BCUT2D eigenvalue weighted by Crippen LogP contribution is 2.38. The van der Waals surface area contributed by atoms with Crippen LogP contribution >= 0.6 is 23.2 Å². The summed E-state index contributed by atoms with van der Waals surface area (Å²) in [7, 11) is -3.86. The zero-order valence-electron chi connectivity index (χ0n) is 14.2. The molecule has 0 saturated carbocycles. The molecule has 0 unspecified atom stereocenters. The fourth-order valence-corrected chi connectivity index (χ4v) is 4.17. The fourth-order valence-electron chi connectivity index (χ4n) is 2.66. The SMILES string of the molecule is Cc1ccc(S(=O)(=O)OC[C@@H]2CO[C@](C)(c3ccc(Cl)cc3Cl)O2)cc1. The van der Waals surface area contributed by atoms with Gasteiger partial charge in [-0.25, -0.2) is 0 Å². The molecule has 5 nitrogen and oxygen atoms in total. The molecule has 26 heavy (non-hydrogen) atoms. The second-order valence-corrected chi connectivity index (χ2v) is 8.63. The molecule has 1 aliphatic rings. The molecule has 2 atom stereocenters. The van der Waals surface area contributed by atoms with Crippen molar-refractivity contribution in [3.63, 3.8) is 0 Å². The van der Waals surface area contributed by atoms with Crippen molar-refractivity contribution in [2.45, 2.75) is 30.6 Å². The van der Waals surface area contributed by atoms with E-state index in [2.05, 4.69) is 0 Å². The van der Waals surface area contributed by atoms with Gasteiger partial charge in [-0.3, -0.25) is 4.18 Å². The van der Waals surface area contributed by atoms with Crippen LogP contribution in [0.4, 0.5) is 0 Å². The molecule has 2 aromatic rings. The average molecular weight is 417 g/mol. The van der Waals surface area contributed by atoms with E-state index >= 15 is 0 Å². The highest BCUT2D eigenvalue weighted by Gasteiger charge is 2.41. The summed E-state index contributed by atoms with van der Waals surface area (Å²) in [5.41, 5.74) is 1.58. The van der Waals surface area contributed by atoms with Gasteiger partial charge >= 0.3 is 0 Å². The highest BCUT2D eigenvalue weighted by atomic mass is 35.5. The lowest BCUT2D eigenvalue weighted by Crippen LogP contribution is -2.26. The summed E-state index contributed by atoms with van der Waals surface area (Å²) in [6, 6.07) is 11.4. The van der Waals surface area contributed by atoms with E-state index in [-0.39, 0.29) is 18.1 Å². The van der Waals surface area contributed by atoms with Crippen molar-refractivity contribution < 1.29 is 22.1 Å². The van der Waals surface area contributed by atoms with Gasteiger partial charge in [0.2, 0.25) is 0 Å². The molecule has 0 radical (unpaired) electrons. The Morgan fingerprint density at radius 1 is 1.19 bits per heavy atom. The van der Waals surface area contributed by atoms with Crippen LogP contribution in [0.5, 0.6) is 0 Å². The van der Waals surface area contributed by atoms with Gasteiger partial charge in [0.05, 0.1) is 23.1 Å². The molecule has 1 aliphatic heterocycles. The van der Waals surface area contributed by atoms with E-state index in [1.165, 1.54) is 12.1 Å². The van der Waals surface area contributed by atoms with Crippen molar-refractivity contribution >= 4 is 33.3 Å². The van der Waals surface area contributed by atoms with Gasteiger partial charge in [-0.1, -0.05) is 47.0 Å². The van der Waals surface area contributed by atoms with Crippen LogP contribution in [0.2, 0.25) is 10.0 Å². The minimum absolute atomic E-state index is 0.102. The number of hydrogen-bond acceptors (Lipinski definition) is 5. The van der Waals surface area contributed by atoms with Crippen LogP contribution in [0.15, 0.2) is 47.4 Å². The fraction of sp³-hybridized carbons (Fsp3) is 0.333. The Kier molecular flexibility index (Phi) is 5.63. The number of benzene rings is 2. The summed E-state index contributed by atoms with van der Waals surface area (Å²) in [5, 5.41) is 0.915.